The van der Waals surface area contributed by atoms with Crippen LogP contribution in [-0.4, -0.2) is 41.6 Å². The number of aliphatic hydroxyl groups is 1. The van der Waals surface area contributed by atoms with Crippen molar-refractivity contribution in [2.45, 2.75) is 29.2 Å². The molecule has 1 rings (SSSR count). The van der Waals surface area contributed by atoms with E-state index in [4.69, 9.17) is 5.11 Å². The van der Waals surface area contributed by atoms with E-state index in [1.54, 1.807) is 6.92 Å². The summed E-state index contributed by atoms with van der Waals surface area (Å²) in [7, 11) is -6.10. The first kappa shape index (κ1) is 17.1. The average molecular weight is 322 g/mol. The van der Waals surface area contributed by atoms with Gasteiger partial charge in [-0.15, -0.1) is 0 Å². The third-order valence-electron chi connectivity index (χ3n) is 2.75. The number of nitrogens with one attached hydrogen (secondary N) is 2. The topological polar surface area (TPSA) is 113 Å². The van der Waals surface area contributed by atoms with Crippen LogP contribution in [0.3, 0.4) is 0 Å². The molecule has 1 atom stereocenters. The fraction of sp³-hybridized carbons (Fsp3) is 0.455. The van der Waals surface area contributed by atoms with Gasteiger partial charge in [0.1, 0.15) is 0 Å². The van der Waals surface area contributed by atoms with Gasteiger partial charge in [0, 0.05) is 6.04 Å². The van der Waals surface area contributed by atoms with Crippen LogP contribution in [0.5, 0.6) is 0 Å². The third-order valence-corrected chi connectivity index (χ3v) is 5.71. The molecule has 0 spiro atoms. The Labute approximate surface area is 119 Å². The molecule has 0 saturated carbocycles. The van der Waals surface area contributed by atoms with Crippen LogP contribution in [0.25, 0.3) is 0 Å². The van der Waals surface area contributed by atoms with E-state index in [1.165, 1.54) is 31.3 Å². The zero-order chi connectivity index (χ0) is 15.4. The van der Waals surface area contributed by atoms with Gasteiger partial charge in [0.15, 0.2) is 0 Å². The summed E-state index contributed by atoms with van der Waals surface area (Å²) in [5, 5.41) is 9.00. The second-order valence-electron chi connectivity index (χ2n) is 4.09. The molecule has 1 aromatic carbocycles. The van der Waals surface area contributed by atoms with Gasteiger partial charge in [0.05, 0.1) is 16.4 Å². The number of rotatable bonds is 7. The Morgan fingerprint density at radius 1 is 1.05 bits per heavy atom. The molecule has 20 heavy (non-hydrogen) atoms. The summed E-state index contributed by atoms with van der Waals surface area (Å²) in [6.07, 6.45) is 0.446. The lowest BCUT2D eigenvalue weighted by Crippen LogP contribution is -2.36. The van der Waals surface area contributed by atoms with E-state index in [0.717, 1.165) is 0 Å². The molecule has 0 amide bonds. The minimum Gasteiger partial charge on any atom is -0.395 e. The van der Waals surface area contributed by atoms with Crippen LogP contribution in [0.2, 0.25) is 0 Å². The number of benzene rings is 1. The molecule has 7 nitrogen and oxygen atoms in total. The number of hydrogen-bond acceptors (Lipinski definition) is 5. The highest BCUT2D eigenvalue weighted by atomic mass is 32.2. The molecule has 114 valence electrons. The number of aliphatic hydroxyl groups excluding tert-OH is 1. The van der Waals surface area contributed by atoms with Crippen LogP contribution in [0.4, 0.5) is 0 Å². The summed E-state index contributed by atoms with van der Waals surface area (Å²) in [6, 6.07) is 4.26. The molecule has 0 heterocycles. The lowest BCUT2D eigenvalue weighted by Gasteiger charge is -2.14. The zero-order valence-corrected chi connectivity index (χ0v) is 12.8. The van der Waals surface area contributed by atoms with E-state index in [-0.39, 0.29) is 16.4 Å². The average Bonchev–Trinajstić information content (AvgIpc) is 2.45. The van der Waals surface area contributed by atoms with Crippen molar-refractivity contribution in [3.8, 4) is 0 Å². The summed E-state index contributed by atoms with van der Waals surface area (Å²) >= 11 is 0. The van der Waals surface area contributed by atoms with Gasteiger partial charge in [-0.05, 0) is 37.7 Å². The molecule has 0 bridgehead atoms. The number of hydrogen-bond donors (Lipinski definition) is 3. The van der Waals surface area contributed by atoms with Crippen molar-refractivity contribution >= 4 is 20.0 Å². The van der Waals surface area contributed by atoms with E-state index in [2.05, 4.69) is 9.44 Å². The van der Waals surface area contributed by atoms with Gasteiger partial charge in [-0.3, -0.25) is 0 Å². The molecule has 0 aliphatic rings. The Morgan fingerprint density at radius 3 is 1.85 bits per heavy atom. The maximum atomic E-state index is 12.0. The van der Waals surface area contributed by atoms with Crippen LogP contribution >= 0.6 is 0 Å². The Hall–Kier alpha value is -1.00. The third kappa shape index (κ3) is 4.00. The Kier molecular flexibility index (Phi) is 5.66. The fourth-order valence-electron chi connectivity index (χ4n) is 1.45. The SMILES string of the molecule is CC[C@@H](CO)NS(=O)(=O)c1ccc(S(=O)(=O)NC)cc1. The molecular formula is C11H18N2O5S2. The predicted molar refractivity (Wildman–Crippen MR) is 74.2 cm³/mol. The lowest BCUT2D eigenvalue weighted by atomic mass is 10.3. The smallest absolute Gasteiger partial charge is 0.240 e. The Balaban J connectivity index is 3.04. The summed E-state index contributed by atoms with van der Waals surface area (Å²) in [5.74, 6) is 0. The van der Waals surface area contributed by atoms with Crippen LogP contribution in [0, 0.1) is 0 Å². The fourth-order valence-corrected chi connectivity index (χ4v) is 3.49. The highest BCUT2D eigenvalue weighted by Crippen LogP contribution is 2.14. The van der Waals surface area contributed by atoms with Crippen molar-refractivity contribution in [3.05, 3.63) is 24.3 Å². The van der Waals surface area contributed by atoms with Crippen LogP contribution in [0.1, 0.15) is 13.3 Å². The molecular weight excluding hydrogens is 304 g/mol. The lowest BCUT2D eigenvalue weighted by molar-refractivity contribution is 0.254. The van der Waals surface area contributed by atoms with Crippen LogP contribution in [-0.2, 0) is 20.0 Å². The van der Waals surface area contributed by atoms with E-state index >= 15 is 0 Å². The van der Waals surface area contributed by atoms with Crippen LogP contribution in [0.15, 0.2) is 34.1 Å². The first-order valence-electron chi connectivity index (χ1n) is 5.93. The van der Waals surface area contributed by atoms with E-state index < -0.39 is 26.1 Å². The molecule has 0 aliphatic carbocycles. The summed E-state index contributed by atoms with van der Waals surface area (Å²) in [5.41, 5.74) is 0. The van der Waals surface area contributed by atoms with Gasteiger partial charge in [-0.25, -0.2) is 26.3 Å². The molecule has 0 fully saturated rings. The Morgan fingerprint density at radius 2 is 1.50 bits per heavy atom. The Bertz CT molecular complexity index is 634. The van der Waals surface area contributed by atoms with Gasteiger partial charge in [0.2, 0.25) is 20.0 Å². The standard InChI is InChI=1S/C11H18N2O5S2/c1-3-9(8-14)13-20(17,18)11-6-4-10(5-7-11)19(15,16)12-2/h4-7,9,12-14H,3,8H2,1-2H3/t9-/m0/s1. The summed E-state index contributed by atoms with van der Waals surface area (Å²) in [4.78, 5) is -0.0763. The summed E-state index contributed by atoms with van der Waals surface area (Å²) < 4.78 is 51.5. The van der Waals surface area contributed by atoms with Crippen molar-refractivity contribution in [2.24, 2.45) is 0 Å². The molecule has 0 aliphatic heterocycles. The molecule has 0 aromatic heterocycles. The first-order valence-corrected chi connectivity index (χ1v) is 8.90. The van der Waals surface area contributed by atoms with Crippen molar-refractivity contribution < 1.29 is 21.9 Å². The highest BCUT2D eigenvalue weighted by Gasteiger charge is 2.19. The van der Waals surface area contributed by atoms with Crippen molar-refractivity contribution in [3.63, 3.8) is 0 Å². The number of sulfonamides is 2. The highest BCUT2D eigenvalue weighted by molar-refractivity contribution is 7.90. The summed E-state index contributed by atoms with van der Waals surface area (Å²) in [6.45, 7) is 1.44. The van der Waals surface area contributed by atoms with E-state index in [9.17, 15) is 16.8 Å². The minimum absolute atomic E-state index is 0.0202. The van der Waals surface area contributed by atoms with E-state index in [1.807, 2.05) is 0 Å². The van der Waals surface area contributed by atoms with Gasteiger partial charge >= 0.3 is 0 Å². The van der Waals surface area contributed by atoms with Crippen molar-refractivity contribution in [2.75, 3.05) is 13.7 Å². The van der Waals surface area contributed by atoms with Crippen LogP contribution < -0.4 is 9.44 Å². The molecule has 9 heteroatoms. The van der Waals surface area contributed by atoms with Gasteiger partial charge in [0.25, 0.3) is 0 Å². The first-order chi connectivity index (χ1) is 9.26. The second-order valence-corrected chi connectivity index (χ2v) is 7.69. The molecule has 0 unspecified atom stereocenters. The maximum Gasteiger partial charge on any atom is 0.240 e. The zero-order valence-electron chi connectivity index (χ0n) is 11.2. The van der Waals surface area contributed by atoms with Crippen molar-refractivity contribution in [1.82, 2.24) is 9.44 Å². The van der Waals surface area contributed by atoms with Gasteiger partial charge in [-0.2, -0.15) is 0 Å². The predicted octanol–water partition coefficient (Wildman–Crippen LogP) is -0.356. The largest absolute Gasteiger partial charge is 0.395 e. The molecule has 1 aromatic rings. The molecule has 3 N–H and O–H groups in total. The monoisotopic (exact) mass is 322 g/mol. The quantitative estimate of drug-likeness (QED) is 0.635. The minimum atomic E-state index is -3.78. The normalized spacial score (nSPS) is 14.2. The second kappa shape index (κ2) is 6.64. The molecule has 0 saturated heterocycles. The van der Waals surface area contributed by atoms with E-state index in [0.29, 0.717) is 6.42 Å². The molecule has 0 radical (unpaired) electrons. The van der Waals surface area contributed by atoms with Gasteiger partial charge in [-0.1, -0.05) is 6.92 Å². The maximum absolute atomic E-state index is 12.0. The van der Waals surface area contributed by atoms with Crippen molar-refractivity contribution in [1.29, 1.82) is 0 Å². The van der Waals surface area contributed by atoms with Gasteiger partial charge < -0.3 is 5.11 Å².